The summed E-state index contributed by atoms with van der Waals surface area (Å²) in [7, 11) is 1.62. The molecule has 1 unspecified atom stereocenters. The van der Waals surface area contributed by atoms with E-state index in [2.05, 4.69) is 5.16 Å². The first kappa shape index (κ1) is 20.6. The Morgan fingerprint density at radius 2 is 1.77 bits per heavy atom. The quantitative estimate of drug-likeness (QED) is 0.560. The molecule has 0 spiro atoms. The Kier molecular flexibility index (Phi) is 6.26. The first-order valence-electron chi connectivity index (χ1n) is 10.1. The minimum absolute atomic E-state index is 0.182. The molecule has 0 aliphatic carbocycles. The molecule has 0 N–H and O–H groups in total. The Hall–Kier alpha value is -3.67. The third-order valence-corrected chi connectivity index (χ3v) is 5.17. The number of amides is 1. The summed E-state index contributed by atoms with van der Waals surface area (Å²) in [6.45, 7) is 0.772. The number of carbonyl (C=O) groups is 1. The smallest absolute Gasteiger partial charge is 0.254 e. The van der Waals surface area contributed by atoms with Crippen molar-refractivity contribution in [1.29, 1.82) is 0 Å². The van der Waals surface area contributed by atoms with E-state index in [-0.39, 0.29) is 17.8 Å². The lowest BCUT2D eigenvalue weighted by molar-refractivity contribution is 0.0405. The standard InChI is InChI=1S/C25H23FN2O3/c1-30-24-10-6-5-9-22(24)23-15-21(31-27-23)17-28(16-18-7-3-2-4-8-18)25(29)19-11-13-20(26)14-12-19/h2-14,21H,15-17H2,1H3. The highest BCUT2D eigenvalue weighted by atomic mass is 19.1. The van der Waals surface area contributed by atoms with Crippen LogP contribution in [0.1, 0.15) is 27.9 Å². The van der Waals surface area contributed by atoms with Crippen LogP contribution in [0.5, 0.6) is 5.75 Å². The molecule has 3 aromatic rings. The van der Waals surface area contributed by atoms with Gasteiger partial charge in [-0.1, -0.05) is 47.6 Å². The number of para-hydroxylation sites is 1. The van der Waals surface area contributed by atoms with Crippen LogP contribution in [0.3, 0.4) is 0 Å². The first-order valence-corrected chi connectivity index (χ1v) is 10.1. The van der Waals surface area contributed by atoms with Crippen molar-refractivity contribution in [3.8, 4) is 5.75 Å². The van der Waals surface area contributed by atoms with Gasteiger partial charge in [0.1, 0.15) is 11.6 Å². The average molecular weight is 418 g/mol. The summed E-state index contributed by atoms with van der Waals surface area (Å²) in [6.07, 6.45) is 0.274. The van der Waals surface area contributed by atoms with Gasteiger partial charge in [-0.3, -0.25) is 4.79 Å². The number of hydrogen-bond acceptors (Lipinski definition) is 4. The van der Waals surface area contributed by atoms with Gasteiger partial charge in [0.2, 0.25) is 0 Å². The fraction of sp³-hybridized carbons (Fsp3) is 0.200. The van der Waals surface area contributed by atoms with Crippen LogP contribution in [-0.2, 0) is 11.4 Å². The molecule has 6 heteroatoms. The topological polar surface area (TPSA) is 51.1 Å². The van der Waals surface area contributed by atoms with Crippen LogP contribution in [0.2, 0.25) is 0 Å². The number of rotatable bonds is 7. The lowest BCUT2D eigenvalue weighted by Gasteiger charge is -2.25. The van der Waals surface area contributed by atoms with Crippen LogP contribution in [-0.4, -0.2) is 36.3 Å². The molecule has 0 aromatic heterocycles. The van der Waals surface area contributed by atoms with Crippen LogP contribution in [0.25, 0.3) is 0 Å². The van der Waals surface area contributed by atoms with E-state index in [1.165, 1.54) is 24.3 Å². The third kappa shape index (κ3) is 4.91. The summed E-state index contributed by atoms with van der Waals surface area (Å²) < 4.78 is 18.7. The van der Waals surface area contributed by atoms with E-state index < -0.39 is 0 Å². The number of halogens is 1. The number of methoxy groups -OCH3 is 1. The molecule has 1 aliphatic rings. The maximum absolute atomic E-state index is 13.3. The van der Waals surface area contributed by atoms with Gasteiger partial charge in [-0.15, -0.1) is 0 Å². The van der Waals surface area contributed by atoms with Gasteiger partial charge in [0.15, 0.2) is 6.10 Å². The molecule has 0 fully saturated rings. The summed E-state index contributed by atoms with van der Waals surface area (Å²) in [5.41, 5.74) is 3.10. The SMILES string of the molecule is COc1ccccc1C1=NOC(CN(Cc2ccccc2)C(=O)c2ccc(F)cc2)C1. The van der Waals surface area contributed by atoms with Crippen LogP contribution in [0, 0.1) is 5.82 Å². The van der Waals surface area contributed by atoms with Crippen LogP contribution >= 0.6 is 0 Å². The third-order valence-electron chi connectivity index (χ3n) is 5.17. The van der Waals surface area contributed by atoms with Gasteiger partial charge in [-0.25, -0.2) is 4.39 Å². The van der Waals surface area contributed by atoms with Crippen LogP contribution < -0.4 is 4.74 Å². The second-order valence-electron chi connectivity index (χ2n) is 7.35. The van der Waals surface area contributed by atoms with E-state index in [1.807, 2.05) is 54.6 Å². The molecular formula is C25H23FN2O3. The number of nitrogens with zero attached hydrogens (tertiary/aromatic N) is 2. The van der Waals surface area contributed by atoms with Crippen LogP contribution in [0.15, 0.2) is 84.0 Å². The average Bonchev–Trinajstić information content (AvgIpc) is 3.28. The molecule has 1 atom stereocenters. The molecular weight excluding hydrogens is 395 g/mol. The highest BCUT2D eigenvalue weighted by Crippen LogP contribution is 2.25. The predicted octanol–water partition coefficient (Wildman–Crippen LogP) is 4.67. The van der Waals surface area contributed by atoms with Gasteiger partial charge in [0.25, 0.3) is 5.91 Å². The Morgan fingerprint density at radius 3 is 2.52 bits per heavy atom. The minimum Gasteiger partial charge on any atom is -0.496 e. The molecule has 0 bridgehead atoms. The van der Waals surface area contributed by atoms with E-state index in [1.54, 1.807) is 12.0 Å². The highest BCUT2D eigenvalue weighted by Gasteiger charge is 2.28. The summed E-state index contributed by atoms with van der Waals surface area (Å²) >= 11 is 0. The highest BCUT2D eigenvalue weighted by molar-refractivity contribution is 6.03. The van der Waals surface area contributed by atoms with Crippen molar-refractivity contribution >= 4 is 11.6 Å². The van der Waals surface area contributed by atoms with E-state index in [0.29, 0.717) is 25.1 Å². The van der Waals surface area contributed by atoms with E-state index in [0.717, 1.165) is 22.6 Å². The summed E-state index contributed by atoms with van der Waals surface area (Å²) in [5, 5.41) is 4.25. The molecule has 1 aliphatic heterocycles. The van der Waals surface area contributed by atoms with Gasteiger partial charge in [-0.05, 0) is 42.0 Å². The normalized spacial score (nSPS) is 15.2. The molecule has 5 nitrogen and oxygen atoms in total. The van der Waals surface area contributed by atoms with Gasteiger partial charge >= 0.3 is 0 Å². The maximum Gasteiger partial charge on any atom is 0.254 e. The fourth-order valence-corrected chi connectivity index (χ4v) is 3.61. The Balaban J connectivity index is 1.51. The van der Waals surface area contributed by atoms with Crippen molar-refractivity contribution in [2.24, 2.45) is 5.16 Å². The molecule has 1 heterocycles. The molecule has 3 aromatic carbocycles. The number of hydrogen-bond donors (Lipinski definition) is 0. The van der Waals surface area contributed by atoms with E-state index in [4.69, 9.17) is 9.57 Å². The van der Waals surface area contributed by atoms with Crippen molar-refractivity contribution in [1.82, 2.24) is 4.90 Å². The molecule has 0 radical (unpaired) electrons. The second kappa shape index (κ2) is 9.43. The fourth-order valence-electron chi connectivity index (χ4n) is 3.61. The molecule has 0 saturated carbocycles. The van der Waals surface area contributed by atoms with Crippen molar-refractivity contribution in [3.63, 3.8) is 0 Å². The zero-order chi connectivity index (χ0) is 21.6. The maximum atomic E-state index is 13.3. The summed E-state index contributed by atoms with van der Waals surface area (Å²) in [4.78, 5) is 20.6. The molecule has 4 rings (SSSR count). The lowest BCUT2D eigenvalue weighted by Crippen LogP contribution is -2.37. The number of oxime groups is 1. The first-order chi connectivity index (χ1) is 15.1. The van der Waals surface area contributed by atoms with Crippen molar-refractivity contribution in [2.45, 2.75) is 19.1 Å². The number of benzene rings is 3. The molecule has 1 amide bonds. The summed E-state index contributed by atoms with van der Waals surface area (Å²) in [5.74, 6) is 0.173. The van der Waals surface area contributed by atoms with Crippen molar-refractivity contribution < 1.29 is 18.8 Å². The Morgan fingerprint density at radius 1 is 1.06 bits per heavy atom. The predicted molar refractivity (Wildman–Crippen MR) is 117 cm³/mol. The van der Waals surface area contributed by atoms with Gasteiger partial charge in [0.05, 0.1) is 19.4 Å². The summed E-state index contributed by atoms with van der Waals surface area (Å²) in [6, 6.07) is 23.0. The van der Waals surface area contributed by atoms with Crippen molar-refractivity contribution in [3.05, 3.63) is 101 Å². The zero-order valence-corrected chi connectivity index (χ0v) is 17.2. The largest absolute Gasteiger partial charge is 0.496 e. The Bertz CT molecular complexity index is 1070. The van der Waals surface area contributed by atoms with Crippen molar-refractivity contribution in [2.75, 3.05) is 13.7 Å². The van der Waals surface area contributed by atoms with Gasteiger partial charge in [-0.2, -0.15) is 0 Å². The lowest BCUT2D eigenvalue weighted by atomic mass is 10.0. The zero-order valence-electron chi connectivity index (χ0n) is 17.2. The number of ether oxygens (including phenoxy) is 1. The monoisotopic (exact) mass is 418 g/mol. The molecule has 0 saturated heterocycles. The van der Waals surface area contributed by atoms with E-state index >= 15 is 0 Å². The Labute approximate surface area is 180 Å². The number of carbonyl (C=O) groups excluding carboxylic acids is 1. The molecule has 158 valence electrons. The second-order valence-corrected chi connectivity index (χ2v) is 7.35. The van der Waals surface area contributed by atoms with Gasteiger partial charge in [0, 0.05) is 24.1 Å². The van der Waals surface area contributed by atoms with Gasteiger partial charge < -0.3 is 14.5 Å². The minimum atomic E-state index is -0.375. The molecule has 31 heavy (non-hydrogen) atoms. The van der Waals surface area contributed by atoms with E-state index in [9.17, 15) is 9.18 Å². The van der Waals surface area contributed by atoms with Crippen LogP contribution in [0.4, 0.5) is 4.39 Å².